The molecule has 13 heteroatoms. The van der Waals surface area contributed by atoms with Crippen molar-refractivity contribution in [1.82, 2.24) is 9.97 Å². The van der Waals surface area contributed by atoms with E-state index in [1.165, 1.54) is 23.9 Å². The van der Waals surface area contributed by atoms with Gasteiger partial charge in [0.05, 0.1) is 23.7 Å². The largest absolute Gasteiger partial charge is 0.449 e. The molecule has 3 aromatic rings. The topological polar surface area (TPSA) is 147 Å². The molecule has 3 N–H and O–H groups in total. The van der Waals surface area contributed by atoms with Gasteiger partial charge in [-0.05, 0) is 55.3 Å². The van der Waals surface area contributed by atoms with Crippen LogP contribution in [0.2, 0.25) is 5.22 Å². The summed E-state index contributed by atoms with van der Waals surface area (Å²) in [4.78, 5) is 23.4. The standard InChI is InChI=1S/C23H25ClN4O6S2/c1-12-15(22-16-8-20(24)34-18(16)4-5-32-22)7-19(35-12)21(29)17-9-26-11-27-23(17)28-14-3-2-13(6-14)10-33-36(25,30)31/h7-9,11,13-14,22H,2-6,10H2,1H3,(H2,25,30,31)(H,26,27,28)/t13-,14+,22?/m1/s1. The van der Waals surface area contributed by atoms with E-state index < -0.39 is 10.3 Å². The van der Waals surface area contributed by atoms with E-state index in [-0.39, 0.29) is 30.5 Å². The molecule has 4 heterocycles. The molecular formula is C23H25ClN4O6S2. The lowest BCUT2D eigenvalue weighted by atomic mass is 9.98. The first-order valence-corrected chi connectivity index (χ1v) is 14.1. The molecule has 0 aromatic carbocycles. The molecule has 10 nitrogen and oxygen atoms in total. The number of ether oxygens (including phenoxy) is 1. The number of ketones is 1. The first-order valence-electron chi connectivity index (χ1n) is 11.5. The summed E-state index contributed by atoms with van der Waals surface area (Å²) < 4.78 is 38.5. The molecule has 3 atom stereocenters. The number of anilines is 1. The number of aromatic nitrogens is 2. The van der Waals surface area contributed by atoms with E-state index in [1.807, 2.05) is 13.0 Å². The monoisotopic (exact) mass is 552 g/mol. The van der Waals surface area contributed by atoms with Crippen molar-refractivity contribution in [1.29, 1.82) is 0 Å². The number of aryl methyl sites for hydroxylation is 1. The van der Waals surface area contributed by atoms with Gasteiger partial charge in [0.2, 0.25) is 5.78 Å². The Kier molecular flexibility index (Phi) is 7.16. The number of nitrogens with two attached hydrogens (primary N) is 1. The quantitative estimate of drug-likeness (QED) is 0.398. The maximum absolute atomic E-state index is 13.5. The lowest BCUT2D eigenvalue weighted by molar-refractivity contribution is 0.0643. The van der Waals surface area contributed by atoms with Crippen LogP contribution >= 0.6 is 22.9 Å². The molecular weight excluding hydrogens is 528 g/mol. The van der Waals surface area contributed by atoms with Crippen LogP contribution in [0.3, 0.4) is 0 Å². The zero-order chi connectivity index (χ0) is 25.4. The predicted octanol–water partition coefficient (Wildman–Crippen LogP) is 3.79. The van der Waals surface area contributed by atoms with E-state index in [4.69, 9.17) is 30.1 Å². The van der Waals surface area contributed by atoms with Crippen molar-refractivity contribution in [2.75, 3.05) is 18.5 Å². The van der Waals surface area contributed by atoms with Gasteiger partial charge in [0.1, 0.15) is 24.0 Å². The fraction of sp³-hybridized carbons (Fsp3) is 0.435. The molecule has 0 bridgehead atoms. The highest BCUT2D eigenvalue weighted by molar-refractivity contribution is 7.84. The number of fused-ring (bicyclic) bond motifs is 1. The molecule has 1 aliphatic heterocycles. The van der Waals surface area contributed by atoms with Crippen molar-refractivity contribution in [2.24, 2.45) is 11.1 Å². The highest BCUT2D eigenvalue weighted by Crippen LogP contribution is 2.40. The molecule has 0 radical (unpaired) electrons. The number of halogens is 1. The minimum Gasteiger partial charge on any atom is -0.449 e. The number of carbonyl (C=O) groups excluding carboxylic acids is 1. The predicted molar refractivity (Wildman–Crippen MR) is 134 cm³/mol. The van der Waals surface area contributed by atoms with Crippen LogP contribution in [0.15, 0.2) is 29.1 Å². The second-order valence-corrected chi connectivity index (χ2v) is 11.8. The molecule has 5 rings (SSSR count). The number of thiophene rings is 1. The molecule has 3 aromatic heterocycles. The molecule has 1 fully saturated rings. The summed E-state index contributed by atoms with van der Waals surface area (Å²) in [5.41, 5.74) is 2.16. The number of furan rings is 1. The average molecular weight is 553 g/mol. The summed E-state index contributed by atoms with van der Waals surface area (Å²) in [6.07, 6.45) is 5.44. The van der Waals surface area contributed by atoms with Crippen molar-refractivity contribution >= 4 is 44.8 Å². The highest BCUT2D eigenvalue weighted by Gasteiger charge is 2.31. The fourth-order valence-corrected chi connectivity index (χ4v) is 6.39. The van der Waals surface area contributed by atoms with Crippen LogP contribution in [0.25, 0.3) is 0 Å². The number of hydrogen-bond donors (Lipinski definition) is 2. The van der Waals surface area contributed by atoms with Gasteiger partial charge in [-0.15, -0.1) is 11.3 Å². The zero-order valence-corrected chi connectivity index (χ0v) is 21.8. The van der Waals surface area contributed by atoms with Crippen molar-refractivity contribution in [2.45, 2.75) is 44.8 Å². The third kappa shape index (κ3) is 5.48. The maximum atomic E-state index is 13.5. The van der Waals surface area contributed by atoms with Gasteiger partial charge in [-0.25, -0.2) is 15.1 Å². The molecule has 1 aliphatic carbocycles. The number of rotatable bonds is 8. The first-order chi connectivity index (χ1) is 17.2. The summed E-state index contributed by atoms with van der Waals surface area (Å²) in [5.74, 6) is 1.10. The van der Waals surface area contributed by atoms with Gasteiger partial charge in [-0.1, -0.05) is 0 Å². The molecule has 0 spiro atoms. The lowest BCUT2D eigenvalue weighted by Gasteiger charge is -2.22. The van der Waals surface area contributed by atoms with Crippen molar-refractivity contribution in [3.05, 3.63) is 62.1 Å². The third-order valence-corrected chi connectivity index (χ3v) is 8.19. The van der Waals surface area contributed by atoms with E-state index in [1.54, 1.807) is 6.07 Å². The van der Waals surface area contributed by atoms with Gasteiger partial charge in [-0.3, -0.25) is 8.98 Å². The summed E-state index contributed by atoms with van der Waals surface area (Å²) in [6, 6.07) is 3.65. The molecule has 192 valence electrons. The smallest absolute Gasteiger partial charge is 0.333 e. The van der Waals surface area contributed by atoms with Crippen LogP contribution in [-0.2, 0) is 25.6 Å². The number of nitrogens with zero attached hydrogens (tertiary/aromatic N) is 2. The van der Waals surface area contributed by atoms with Gasteiger partial charge >= 0.3 is 10.3 Å². The molecule has 2 aliphatic rings. The molecule has 1 unspecified atom stereocenters. The van der Waals surface area contributed by atoms with Crippen molar-refractivity contribution in [3.63, 3.8) is 0 Å². The van der Waals surface area contributed by atoms with Gasteiger partial charge in [-0.2, -0.15) is 8.42 Å². The number of nitrogens with one attached hydrogen (secondary N) is 1. The van der Waals surface area contributed by atoms with E-state index in [0.29, 0.717) is 40.9 Å². The van der Waals surface area contributed by atoms with Crippen molar-refractivity contribution in [3.8, 4) is 0 Å². The zero-order valence-electron chi connectivity index (χ0n) is 19.4. The van der Waals surface area contributed by atoms with Gasteiger partial charge < -0.3 is 14.5 Å². The Bertz CT molecular complexity index is 1390. The van der Waals surface area contributed by atoms with Crippen LogP contribution in [-0.4, -0.2) is 43.4 Å². The van der Waals surface area contributed by atoms with Crippen LogP contribution < -0.4 is 10.5 Å². The maximum Gasteiger partial charge on any atom is 0.333 e. The second kappa shape index (κ2) is 10.2. The van der Waals surface area contributed by atoms with E-state index in [0.717, 1.165) is 34.6 Å². The Morgan fingerprint density at radius 2 is 2.17 bits per heavy atom. The Morgan fingerprint density at radius 3 is 2.97 bits per heavy atom. The minimum atomic E-state index is -3.97. The number of hydrogen-bond acceptors (Lipinski definition) is 10. The van der Waals surface area contributed by atoms with Crippen LogP contribution in [0.4, 0.5) is 5.82 Å². The van der Waals surface area contributed by atoms with Crippen LogP contribution in [0.5, 0.6) is 0 Å². The van der Waals surface area contributed by atoms with Gasteiger partial charge in [0, 0.05) is 35.2 Å². The molecule has 0 saturated heterocycles. The fourth-order valence-electron chi connectivity index (χ4n) is 4.80. The Morgan fingerprint density at radius 1 is 1.33 bits per heavy atom. The molecule has 1 saturated carbocycles. The lowest BCUT2D eigenvalue weighted by Crippen LogP contribution is -2.22. The SMILES string of the molecule is Cc1sc(C(=O)c2cncnc2N[C@H]2CC[C@@H](COS(N)(=O)=O)C2)cc1C1OCCc2oc(Cl)cc21. The first kappa shape index (κ1) is 25.3. The summed E-state index contributed by atoms with van der Waals surface area (Å²) >= 11 is 7.47. The third-order valence-electron chi connectivity index (χ3n) is 6.48. The molecule has 0 amide bonds. The Hall–Kier alpha value is -2.35. The number of carbonyl (C=O) groups is 1. The van der Waals surface area contributed by atoms with E-state index in [2.05, 4.69) is 15.3 Å². The summed E-state index contributed by atoms with van der Waals surface area (Å²) in [6.45, 7) is 2.50. The van der Waals surface area contributed by atoms with Crippen molar-refractivity contribution < 1.29 is 26.5 Å². The normalized spacial score (nSPS) is 21.9. The second-order valence-electron chi connectivity index (χ2n) is 8.96. The Labute approximate surface area is 217 Å². The minimum absolute atomic E-state index is 0.0149. The van der Waals surface area contributed by atoms with Crippen LogP contribution in [0, 0.1) is 12.8 Å². The molecule has 36 heavy (non-hydrogen) atoms. The summed E-state index contributed by atoms with van der Waals surface area (Å²) in [7, 11) is -3.97. The van der Waals surface area contributed by atoms with Gasteiger partial charge in [0.25, 0.3) is 0 Å². The average Bonchev–Trinajstić information content (AvgIpc) is 3.54. The highest BCUT2D eigenvalue weighted by atomic mass is 35.5. The Balaban J connectivity index is 1.33. The van der Waals surface area contributed by atoms with E-state index >= 15 is 0 Å². The van der Waals surface area contributed by atoms with E-state index in [9.17, 15) is 13.2 Å². The van der Waals surface area contributed by atoms with Crippen LogP contribution in [0.1, 0.15) is 62.4 Å². The van der Waals surface area contributed by atoms with Gasteiger partial charge in [0.15, 0.2) is 5.22 Å². The summed E-state index contributed by atoms with van der Waals surface area (Å²) in [5, 5.41) is 8.58.